The monoisotopic (exact) mass is 530 g/mol. The number of amides is 2. The number of halogens is 3. The van der Waals surface area contributed by atoms with Crippen molar-refractivity contribution in [2.24, 2.45) is 0 Å². The van der Waals surface area contributed by atoms with Crippen LogP contribution in [0.15, 0.2) is 30.6 Å². The number of piperidine rings is 1. The van der Waals surface area contributed by atoms with Crippen molar-refractivity contribution in [1.82, 2.24) is 24.6 Å². The molecule has 5 rings (SSSR count). The van der Waals surface area contributed by atoms with Gasteiger partial charge in [0, 0.05) is 23.9 Å². The minimum absolute atomic E-state index is 0.0189. The normalized spacial score (nSPS) is 22.2. The van der Waals surface area contributed by atoms with E-state index in [-0.39, 0.29) is 36.6 Å². The van der Waals surface area contributed by atoms with Gasteiger partial charge in [-0.1, -0.05) is 18.2 Å². The highest BCUT2D eigenvalue weighted by Crippen LogP contribution is 2.46. The first kappa shape index (κ1) is 25.9. The fourth-order valence-corrected chi connectivity index (χ4v) is 5.09. The molecule has 3 atom stereocenters. The molecular weight excluding hydrogens is 501 g/mol. The summed E-state index contributed by atoms with van der Waals surface area (Å²) in [7, 11) is 0. The number of rotatable bonds is 3. The maximum Gasteiger partial charge on any atom is 0.410 e. The lowest BCUT2D eigenvalue weighted by molar-refractivity contribution is -0.119. The van der Waals surface area contributed by atoms with E-state index in [0.717, 1.165) is 6.92 Å². The fourth-order valence-electron chi connectivity index (χ4n) is 5.09. The van der Waals surface area contributed by atoms with Gasteiger partial charge in [-0.15, -0.1) is 0 Å². The molecule has 2 amide bonds. The van der Waals surface area contributed by atoms with Crippen LogP contribution in [0.25, 0.3) is 22.3 Å². The minimum Gasteiger partial charge on any atom is -0.444 e. The number of carbonyl (C=O) groups excluding carboxylic acids is 2. The molecule has 38 heavy (non-hydrogen) atoms. The second kappa shape index (κ2) is 9.25. The number of benzene rings is 1. The molecule has 0 saturated carbocycles. The molecule has 1 saturated heterocycles. The number of nitrogens with zero attached hydrogens (tertiary/aromatic N) is 5. The van der Waals surface area contributed by atoms with E-state index in [1.807, 2.05) is 0 Å². The van der Waals surface area contributed by atoms with Crippen molar-refractivity contribution in [2.75, 3.05) is 18.4 Å². The predicted molar refractivity (Wildman–Crippen MR) is 134 cm³/mol. The Hall–Kier alpha value is -3.70. The number of ether oxygens (including phenoxy) is 1. The van der Waals surface area contributed by atoms with E-state index in [1.54, 1.807) is 49.7 Å². The van der Waals surface area contributed by atoms with E-state index in [1.165, 1.54) is 11.2 Å². The molecule has 0 aliphatic carbocycles. The van der Waals surface area contributed by atoms with E-state index in [9.17, 15) is 18.4 Å². The summed E-state index contributed by atoms with van der Waals surface area (Å²) in [4.78, 5) is 34.3. The molecule has 0 radical (unpaired) electrons. The van der Waals surface area contributed by atoms with Crippen LogP contribution in [-0.4, -0.2) is 67.4 Å². The number of anilines is 1. The molecule has 0 bridgehead atoms. The summed E-state index contributed by atoms with van der Waals surface area (Å²) in [5, 5.41) is 7.86. The first-order chi connectivity index (χ1) is 17.8. The van der Waals surface area contributed by atoms with Gasteiger partial charge in [0.2, 0.25) is 5.91 Å². The third-order valence-corrected chi connectivity index (χ3v) is 6.80. The number of hydrogen-bond donors (Lipinski definition) is 1. The molecule has 2 aliphatic heterocycles. The highest BCUT2D eigenvalue weighted by atomic mass is 19.3. The van der Waals surface area contributed by atoms with E-state index >= 15 is 4.39 Å². The number of para-hydroxylation sites is 1. The summed E-state index contributed by atoms with van der Waals surface area (Å²) in [6, 6.07) is 6.41. The van der Waals surface area contributed by atoms with Gasteiger partial charge in [-0.05, 0) is 40.2 Å². The maximum atomic E-state index is 15.6. The molecule has 1 N–H and O–H groups in total. The second-order valence-electron chi connectivity index (χ2n) is 10.9. The van der Waals surface area contributed by atoms with Crippen molar-refractivity contribution in [2.45, 2.75) is 70.2 Å². The number of fused-ring (bicyclic) bond motifs is 2. The standard InChI is InChI=1S/C26H29F3N6O3/c1-25(2,3)38-24(37)34-10-9-18(16(27)12-34)35-17-8-6-5-7-14(17)21(33-35)22-20-15(26(4,28)29)11-19(36)32-23(20)31-13-30-22/h5-8,13,15-16,18H,9-12H2,1-4H3,(H,30,31,32,36)/t15?,16-,18+/m1/s1. The fraction of sp³-hybridized carbons (Fsp3) is 0.500. The zero-order chi connectivity index (χ0) is 27.4. The van der Waals surface area contributed by atoms with E-state index in [4.69, 9.17) is 9.84 Å². The quantitative estimate of drug-likeness (QED) is 0.506. The minimum atomic E-state index is -3.22. The first-order valence-electron chi connectivity index (χ1n) is 12.5. The molecule has 202 valence electrons. The summed E-state index contributed by atoms with van der Waals surface area (Å²) >= 11 is 0. The van der Waals surface area contributed by atoms with E-state index < -0.39 is 48.1 Å². The highest BCUT2D eigenvalue weighted by Gasteiger charge is 2.44. The summed E-state index contributed by atoms with van der Waals surface area (Å²) in [6.45, 7) is 6.11. The molecule has 3 aromatic rings. The van der Waals surface area contributed by atoms with E-state index in [2.05, 4.69) is 15.3 Å². The van der Waals surface area contributed by atoms with Gasteiger partial charge in [0.05, 0.1) is 24.0 Å². The Labute approximate surface area is 217 Å². The molecule has 0 spiro atoms. The lowest BCUT2D eigenvalue weighted by atomic mass is 9.85. The van der Waals surface area contributed by atoms with Crippen LogP contribution in [0, 0.1) is 0 Å². The molecule has 4 heterocycles. The van der Waals surface area contributed by atoms with Gasteiger partial charge < -0.3 is 15.0 Å². The van der Waals surface area contributed by atoms with Crippen LogP contribution >= 0.6 is 0 Å². The smallest absolute Gasteiger partial charge is 0.410 e. The van der Waals surface area contributed by atoms with Gasteiger partial charge in [-0.3, -0.25) is 9.48 Å². The van der Waals surface area contributed by atoms with Gasteiger partial charge >= 0.3 is 6.09 Å². The van der Waals surface area contributed by atoms with Gasteiger partial charge in [0.25, 0.3) is 5.92 Å². The lowest BCUT2D eigenvalue weighted by Crippen LogP contribution is -2.47. The van der Waals surface area contributed by atoms with Crippen LogP contribution in [0.4, 0.5) is 23.8 Å². The molecule has 1 unspecified atom stereocenters. The molecule has 1 aromatic carbocycles. The Morgan fingerprint density at radius 3 is 2.55 bits per heavy atom. The molecular formula is C26H29F3N6O3. The van der Waals surface area contributed by atoms with Crippen molar-refractivity contribution >= 4 is 28.7 Å². The van der Waals surface area contributed by atoms with Crippen LogP contribution in [0.5, 0.6) is 0 Å². The van der Waals surface area contributed by atoms with Gasteiger partial charge in [-0.2, -0.15) is 5.10 Å². The summed E-state index contributed by atoms with van der Waals surface area (Å²) in [5.41, 5.74) is 0.472. The van der Waals surface area contributed by atoms with Crippen molar-refractivity contribution in [1.29, 1.82) is 0 Å². The van der Waals surface area contributed by atoms with Crippen molar-refractivity contribution in [3.05, 3.63) is 36.2 Å². The predicted octanol–water partition coefficient (Wildman–Crippen LogP) is 5.09. The lowest BCUT2D eigenvalue weighted by Gasteiger charge is -2.35. The Bertz CT molecular complexity index is 1400. The number of carbonyl (C=O) groups is 2. The second-order valence-corrected chi connectivity index (χ2v) is 10.9. The number of alkyl halides is 3. The molecule has 12 heteroatoms. The van der Waals surface area contributed by atoms with Crippen LogP contribution in [0.2, 0.25) is 0 Å². The van der Waals surface area contributed by atoms with Crippen molar-refractivity contribution in [3.8, 4) is 11.4 Å². The van der Waals surface area contributed by atoms with Crippen LogP contribution < -0.4 is 5.32 Å². The number of nitrogens with one attached hydrogen (secondary N) is 1. The van der Waals surface area contributed by atoms with E-state index in [0.29, 0.717) is 16.6 Å². The molecule has 2 aliphatic rings. The topological polar surface area (TPSA) is 102 Å². The molecule has 1 fully saturated rings. The molecule has 2 aromatic heterocycles. The Balaban J connectivity index is 1.55. The Kier molecular flexibility index (Phi) is 6.31. The number of hydrogen-bond acceptors (Lipinski definition) is 6. The first-order valence-corrected chi connectivity index (χ1v) is 12.5. The van der Waals surface area contributed by atoms with Crippen molar-refractivity contribution in [3.63, 3.8) is 0 Å². The summed E-state index contributed by atoms with van der Waals surface area (Å²) in [5.74, 6) is -5.20. The third-order valence-electron chi connectivity index (χ3n) is 6.80. The zero-order valence-electron chi connectivity index (χ0n) is 21.5. The summed E-state index contributed by atoms with van der Waals surface area (Å²) in [6.07, 6.45) is -0.982. The number of likely N-dealkylation sites (tertiary alicyclic amines) is 1. The SMILES string of the molecule is CC(C)(C)OC(=O)N1CC[C@H](n2nc(-c3ncnc4c3C(C(C)(F)F)CC(=O)N4)c3ccccc32)[C@H](F)C1. The van der Waals surface area contributed by atoms with Gasteiger partial charge in [0.15, 0.2) is 0 Å². The largest absolute Gasteiger partial charge is 0.444 e. The average Bonchev–Trinajstić information content (AvgIpc) is 3.20. The van der Waals surface area contributed by atoms with Crippen LogP contribution in [-0.2, 0) is 9.53 Å². The van der Waals surface area contributed by atoms with Crippen molar-refractivity contribution < 1.29 is 27.5 Å². The Morgan fingerprint density at radius 1 is 1.13 bits per heavy atom. The maximum absolute atomic E-state index is 15.6. The van der Waals surface area contributed by atoms with Gasteiger partial charge in [-0.25, -0.2) is 27.9 Å². The zero-order valence-corrected chi connectivity index (χ0v) is 21.5. The molecule has 9 nitrogen and oxygen atoms in total. The van der Waals surface area contributed by atoms with Crippen LogP contribution in [0.3, 0.4) is 0 Å². The van der Waals surface area contributed by atoms with Crippen LogP contribution in [0.1, 0.15) is 58.1 Å². The number of aromatic nitrogens is 4. The highest BCUT2D eigenvalue weighted by molar-refractivity contribution is 5.98. The Morgan fingerprint density at radius 2 is 1.87 bits per heavy atom. The average molecular weight is 531 g/mol. The van der Waals surface area contributed by atoms with Gasteiger partial charge in [0.1, 0.15) is 35.3 Å². The third kappa shape index (κ3) is 4.79. The summed E-state index contributed by atoms with van der Waals surface area (Å²) < 4.78 is 51.8.